The minimum absolute atomic E-state index is 0.283. The molecular weight excluding hydrogens is 335 g/mol. The van der Waals surface area contributed by atoms with Gasteiger partial charge in [0.25, 0.3) is 0 Å². The largest absolute Gasteiger partial charge is 0.365 e. The van der Waals surface area contributed by atoms with E-state index in [2.05, 4.69) is 77.8 Å². The number of rotatable bonds is 3. The van der Waals surface area contributed by atoms with E-state index in [4.69, 9.17) is 0 Å². The summed E-state index contributed by atoms with van der Waals surface area (Å²) in [5.41, 5.74) is 1.67. The van der Waals surface area contributed by atoms with Crippen molar-refractivity contribution < 1.29 is 0 Å². The number of hydrogen-bond acceptors (Lipinski definition) is 2. The van der Waals surface area contributed by atoms with Crippen molar-refractivity contribution in [3.63, 3.8) is 0 Å². The Morgan fingerprint density at radius 3 is 2.61 bits per heavy atom. The van der Waals surface area contributed by atoms with Crippen LogP contribution in [0.4, 0.5) is 5.69 Å². The van der Waals surface area contributed by atoms with Gasteiger partial charge in [-0.25, -0.2) is 0 Å². The van der Waals surface area contributed by atoms with E-state index in [1.807, 2.05) is 0 Å². The minimum Gasteiger partial charge on any atom is -0.365 e. The summed E-state index contributed by atoms with van der Waals surface area (Å²) in [5, 5.41) is 3.76. The van der Waals surface area contributed by atoms with Gasteiger partial charge in [-0.3, -0.25) is 0 Å². The van der Waals surface area contributed by atoms with Gasteiger partial charge in [0.15, 0.2) is 0 Å². The molecule has 2 rings (SSSR count). The van der Waals surface area contributed by atoms with Crippen molar-refractivity contribution >= 4 is 28.3 Å². The second-order valence-corrected chi connectivity index (χ2v) is 6.46. The lowest BCUT2D eigenvalue weighted by molar-refractivity contribution is 0.253. The van der Waals surface area contributed by atoms with Crippen molar-refractivity contribution in [3.8, 4) is 0 Å². The van der Waals surface area contributed by atoms with Crippen molar-refractivity contribution in [2.45, 2.75) is 45.2 Å². The second kappa shape index (κ2) is 5.78. The fraction of sp³-hybridized carbons (Fsp3) is 0.600. The van der Waals surface area contributed by atoms with Gasteiger partial charge in [0, 0.05) is 28.2 Å². The summed E-state index contributed by atoms with van der Waals surface area (Å²) < 4.78 is 1.35. The van der Waals surface area contributed by atoms with Crippen LogP contribution < -0.4 is 10.2 Å². The van der Waals surface area contributed by atoms with Crippen LogP contribution in [0.2, 0.25) is 0 Å². The van der Waals surface area contributed by atoms with Gasteiger partial charge in [-0.2, -0.15) is 0 Å². The molecule has 100 valence electrons. The third-order valence-corrected chi connectivity index (χ3v) is 5.21. The van der Waals surface area contributed by atoms with Crippen LogP contribution in [0.5, 0.6) is 0 Å². The molecule has 3 heteroatoms. The van der Waals surface area contributed by atoms with Crippen LogP contribution in [0.25, 0.3) is 0 Å². The molecule has 1 saturated heterocycles. The van der Waals surface area contributed by atoms with Gasteiger partial charge < -0.3 is 10.2 Å². The number of hydrogen-bond donors (Lipinski definition) is 1. The molecule has 1 heterocycles. The molecule has 0 bridgehead atoms. The molecular formula is C15H23IN2. The van der Waals surface area contributed by atoms with Gasteiger partial charge in [0.2, 0.25) is 0 Å². The van der Waals surface area contributed by atoms with Gasteiger partial charge in [-0.1, -0.05) is 26.0 Å². The van der Waals surface area contributed by atoms with Gasteiger partial charge >= 0.3 is 0 Å². The van der Waals surface area contributed by atoms with E-state index in [-0.39, 0.29) is 5.54 Å². The molecule has 0 radical (unpaired) electrons. The average Bonchev–Trinajstić information content (AvgIpc) is 2.41. The fourth-order valence-electron chi connectivity index (χ4n) is 2.74. The zero-order chi connectivity index (χ0) is 13.2. The first-order valence-electron chi connectivity index (χ1n) is 6.88. The number of nitrogens with zero attached hydrogens (tertiary/aromatic N) is 1. The molecule has 1 atom stereocenters. The van der Waals surface area contributed by atoms with E-state index >= 15 is 0 Å². The maximum absolute atomic E-state index is 3.76. The van der Waals surface area contributed by atoms with Gasteiger partial charge in [-0.15, -0.1) is 0 Å². The van der Waals surface area contributed by atoms with E-state index < -0.39 is 0 Å². The average molecular weight is 358 g/mol. The lowest BCUT2D eigenvalue weighted by Crippen LogP contribution is -2.63. The summed E-state index contributed by atoms with van der Waals surface area (Å²) in [6, 6.07) is 9.27. The van der Waals surface area contributed by atoms with Gasteiger partial charge in [-0.05, 0) is 54.5 Å². The van der Waals surface area contributed by atoms with Crippen molar-refractivity contribution in [2.75, 3.05) is 18.0 Å². The zero-order valence-electron chi connectivity index (χ0n) is 11.5. The van der Waals surface area contributed by atoms with Crippen LogP contribution in [0, 0.1) is 3.57 Å². The summed E-state index contributed by atoms with van der Waals surface area (Å²) >= 11 is 2.45. The molecule has 1 aromatic carbocycles. The molecule has 18 heavy (non-hydrogen) atoms. The van der Waals surface area contributed by atoms with E-state index in [0.717, 1.165) is 13.1 Å². The molecule has 2 nitrogen and oxygen atoms in total. The van der Waals surface area contributed by atoms with Gasteiger partial charge in [0.05, 0.1) is 5.69 Å². The normalized spacial score (nSPS) is 23.1. The maximum Gasteiger partial charge on any atom is 0.0505 e. The molecule has 0 amide bonds. The fourth-order valence-corrected chi connectivity index (χ4v) is 3.44. The predicted molar refractivity (Wildman–Crippen MR) is 87.3 cm³/mol. The van der Waals surface area contributed by atoms with Crippen molar-refractivity contribution in [1.29, 1.82) is 0 Å². The second-order valence-electron chi connectivity index (χ2n) is 5.30. The summed E-state index contributed by atoms with van der Waals surface area (Å²) in [6.07, 6.45) is 2.38. The number of benzene rings is 1. The first-order chi connectivity index (χ1) is 8.62. The number of nitrogens with one attached hydrogen (secondary N) is 1. The van der Waals surface area contributed by atoms with Crippen molar-refractivity contribution in [1.82, 2.24) is 5.32 Å². The van der Waals surface area contributed by atoms with Crippen LogP contribution in [0.15, 0.2) is 24.3 Å². The number of para-hydroxylation sites is 1. The molecule has 1 aromatic rings. The Morgan fingerprint density at radius 1 is 1.33 bits per heavy atom. The van der Waals surface area contributed by atoms with Crippen molar-refractivity contribution in [2.24, 2.45) is 0 Å². The molecule has 1 aliphatic heterocycles. The van der Waals surface area contributed by atoms with Gasteiger partial charge in [0.1, 0.15) is 0 Å². The number of halogens is 1. The standard InChI is InChI=1S/C15H23IN2/c1-4-15(5-2)11-18(12(3)10-17-15)14-9-7-6-8-13(14)16/h6-9,12,17H,4-5,10-11H2,1-3H3. The molecule has 0 aromatic heterocycles. The summed E-state index contributed by atoms with van der Waals surface area (Å²) in [6.45, 7) is 9.08. The Balaban J connectivity index is 2.28. The topological polar surface area (TPSA) is 15.3 Å². The molecule has 0 aliphatic carbocycles. The monoisotopic (exact) mass is 358 g/mol. The Kier molecular flexibility index (Phi) is 4.54. The Bertz CT molecular complexity index is 401. The SMILES string of the molecule is CCC1(CC)CN(c2ccccc2I)C(C)CN1. The molecule has 1 unspecified atom stereocenters. The van der Waals surface area contributed by atoms with Crippen LogP contribution in [0.1, 0.15) is 33.6 Å². The van der Waals surface area contributed by atoms with E-state index in [1.54, 1.807) is 0 Å². The molecule has 1 N–H and O–H groups in total. The highest BCUT2D eigenvalue weighted by molar-refractivity contribution is 14.1. The number of piperazine rings is 1. The molecule has 0 spiro atoms. The van der Waals surface area contributed by atoms with Crippen LogP contribution in [0.3, 0.4) is 0 Å². The Hall–Kier alpha value is -0.290. The first-order valence-corrected chi connectivity index (χ1v) is 7.96. The summed E-state index contributed by atoms with van der Waals surface area (Å²) in [7, 11) is 0. The molecule has 0 saturated carbocycles. The van der Waals surface area contributed by atoms with Crippen LogP contribution in [-0.4, -0.2) is 24.7 Å². The highest BCUT2D eigenvalue weighted by atomic mass is 127. The zero-order valence-corrected chi connectivity index (χ0v) is 13.7. The van der Waals surface area contributed by atoms with E-state index in [9.17, 15) is 0 Å². The van der Waals surface area contributed by atoms with Crippen molar-refractivity contribution in [3.05, 3.63) is 27.8 Å². The third-order valence-electron chi connectivity index (χ3n) is 4.29. The summed E-state index contributed by atoms with van der Waals surface area (Å²) in [4.78, 5) is 2.57. The maximum atomic E-state index is 3.76. The van der Waals surface area contributed by atoms with Crippen LogP contribution >= 0.6 is 22.6 Å². The third kappa shape index (κ3) is 2.67. The number of anilines is 1. The highest BCUT2D eigenvalue weighted by Gasteiger charge is 2.35. The predicted octanol–water partition coefficient (Wildman–Crippen LogP) is 3.65. The van der Waals surface area contributed by atoms with E-state index in [1.165, 1.54) is 22.1 Å². The Labute approximate surface area is 124 Å². The van der Waals surface area contributed by atoms with E-state index in [0.29, 0.717) is 6.04 Å². The lowest BCUT2D eigenvalue weighted by atomic mass is 9.88. The highest BCUT2D eigenvalue weighted by Crippen LogP contribution is 2.30. The van der Waals surface area contributed by atoms with Crippen LogP contribution in [-0.2, 0) is 0 Å². The Morgan fingerprint density at radius 2 is 2.00 bits per heavy atom. The summed E-state index contributed by atoms with van der Waals surface area (Å²) in [5.74, 6) is 0. The smallest absolute Gasteiger partial charge is 0.0505 e. The molecule has 1 aliphatic rings. The first kappa shape index (κ1) is 14.1. The quantitative estimate of drug-likeness (QED) is 0.830. The lowest BCUT2D eigenvalue weighted by Gasteiger charge is -2.48. The molecule has 1 fully saturated rings. The minimum atomic E-state index is 0.283.